The minimum atomic E-state index is -4.14. The predicted molar refractivity (Wildman–Crippen MR) is 53.0 cm³/mol. The fraction of sp³-hybridized carbons (Fsp3) is 1.00. The normalized spacial score (nSPS) is 23.8. The van der Waals surface area contributed by atoms with Gasteiger partial charge in [0.1, 0.15) is 0 Å². The Labute approximate surface area is 91.4 Å². The number of ether oxygens (including phenoxy) is 1. The Bertz CT molecular complexity index is 150. The van der Waals surface area contributed by atoms with Crippen LogP contribution < -0.4 is 5.32 Å². The van der Waals surface area contributed by atoms with Gasteiger partial charge in [-0.1, -0.05) is 0 Å². The van der Waals surface area contributed by atoms with E-state index in [4.69, 9.17) is 4.74 Å². The van der Waals surface area contributed by atoms with Crippen LogP contribution in [0.4, 0.5) is 13.2 Å². The molecule has 14 heavy (non-hydrogen) atoms. The fourth-order valence-electron chi connectivity index (χ4n) is 1.09. The van der Waals surface area contributed by atoms with Crippen LogP contribution >= 0.6 is 24.2 Å². The summed E-state index contributed by atoms with van der Waals surface area (Å²) in [6.07, 6.45) is 0.393. The minimum Gasteiger partial charge on any atom is -0.376 e. The van der Waals surface area contributed by atoms with Gasteiger partial charge in [0.2, 0.25) is 0 Å². The first-order chi connectivity index (χ1) is 6.08. The van der Waals surface area contributed by atoms with E-state index in [1.54, 1.807) is 0 Å². The van der Waals surface area contributed by atoms with Crippen molar-refractivity contribution in [2.45, 2.75) is 18.0 Å². The molecule has 0 saturated carbocycles. The van der Waals surface area contributed by atoms with Crippen molar-refractivity contribution in [1.82, 2.24) is 5.32 Å². The summed E-state index contributed by atoms with van der Waals surface area (Å²) < 4.78 is 40.6. The Morgan fingerprint density at radius 3 is 2.71 bits per heavy atom. The molecule has 1 aliphatic rings. The molecule has 0 aromatic heterocycles. The molecule has 1 saturated heterocycles. The molecule has 2 nitrogen and oxygen atoms in total. The summed E-state index contributed by atoms with van der Waals surface area (Å²) >= 11 is -0.00343. The van der Waals surface area contributed by atoms with Crippen LogP contribution in [-0.4, -0.2) is 37.1 Å². The lowest BCUT2D eigenvalue weighted by atomic mass is 10.3. The van der Waals surface area contributed by atoms with Crippen molar-refractivity contribution < 1.29 is 17.9 Å². The lowest BCUT2D eigenvalue weighted by Gasteiger charge is -2.14. The second-order valence-corrected chi connectivity index (χ2v) is 3.87. The second kappa shape index (κ2) is 6.76. The number of thioether (sulfide) groups is 1. The molecule has 0 spiro atoms. The number of nitrogens with one attached hydrogen (secondary N) is 1. The summed E-state index contributed by atoms with van der Waals surface area (Å²) in [5.74, 6) is 0.00514. The van der Waals surface area contributed by atoms with Crippen LogP contribution in [0.15, 0.2) is 0 Å². The molecule has 0 amide bonds. The molecule has 0 aliphatic carbocycles. The monoisotopic (exact) mass is 251 g/mol. The van der Waals surface area contributed by atoms with Crippen LogP contribution in [0.5, 0.6) is 0 Å². The van der Waals surface area contributed by atoms with E-state index >= 15 is 0 Å². The highest BCUT2D eigenvalue weighted by Gasteiger charge is 2.29. The Hall–Kier alpha value is 0.350. The SMILES string of the molecule is Cl.FC(F)(F)SCC1CCNCCO1. The fourth-order valence-corrected chi connectivity index (χ4v) is 1.73. The Morgan fingerprint density at radius 2 is 2.07 bits per heavy atom. The molecule has 1 atom stereocenters. The van der Waals surface area contributed by atoms with Gasteiger partial charge >= 0.3 is 5.51 Å². The minimum absolute atomic E-state index is 0. The van der Waals surface area contributed by atoms with E-state index in [0.717, 1.165) is 13.1 Å². The van der Waals surface area contributed by atoms with E-state index in [1.807, 2.05) is 0 Å². The van der Waals surface area contributed by atoms with Gasteiger partial charge in [0.05, 0.1) is 12.7 Å². The number of hydrogen-bond acceptors (Lipinski definition) is 3. The highest BCUT2D eigenvalue weighted by atomic mass is 35.5. The topological polar surface area (TPSA) is 21.3 Å². The molecule has 1 heterocycles. The Balaban J connectivity index is 0.00000169. The smallest absolute Gasteiger partial charge is 0.376 e. The van der Waals surface area contributed by atoms with E-state index in [-0.39, 0.29) is 36.0 Å². The van der Waals surface area contributed by atoms with Crippen LogP contribution in [0.1, 0.15) is 6.42 Å². The largest absolute Gasteiger partial charge is 0.441 e. The van der Waals surface area contributed by atoms with Gasteiger partial charge in [-0.25, -0.2) is 0 Å². The molecule has 1 unspecified atom stereocenters. The second-order valence-electron chi connectivity index (χ2n) is 2.79. The molecular weight excluding hydrogens is 239 g/mol. The van der Waals surface area contributed by atoms with Crippen molar-refractivity contribution >= 4 is 24.2 Å². The first-order valence-electron chi connectivity index (χ1n) is 4.11. The van der Waals surface area contributed by atoms with Crippen molar-refractivity contribution in [2.24, 2.45) is 0 Å². The third-order valence-corrected chi connectivity index (χ3v) is 2.57. The zero-order chi connectivity index (χ0) is 9.73. The van der Waals surface area contributed by atoms with Gasteiger partial charge in [0.15, 0.2) is 0 Å². The molecule has 0 bridgehead atoms. The third-order valence-electron chi connectivity index (χ3n) is 1.71. The van der Waals surface area contributed by atoms with Crippen molar-refractivity contribution in [2.75, 3.05) is 25.4 Å². The molecule has 1 fully saturated rings. The van der Waals surface area contributed by atoms with Gasteiger partial charge < -0.3 is 10.1 Å². The Kier molecular flexibility index (Phi) is 6.93. The quantitative estimate of drug-likeness (QED) is 0.812. The summed E-state index contributed by atoms with van der Waals surface area (Å²) in [6, 6.07) is 0. The van der Waals surface area contributed by atoms with Crippen LogP contribution in [-0.2, 0) is 4.74 Å². The zero-order valence-electron chi connectivity index (χ0n) is 7.47. The summed E-state index contributed by atoms with van der Waals surface area (Å²) in [5.41, 5.74) is -4.14. The van der Waals surface area contributed by atoms with Crippen molar-refractivity contribution in [3.63, 3.8) is 0 Å². The molecule has 1 aliphatic heterocycles. The third kappa shape index (κ3) is 6.75. The van der Waals surface area contributed by atoms with Crippen LogP contribution in [0.2, 0.25) is 0 Å². The lowest BCUT2D eigenvalue weighted by molar-refractivity contribution is -0.0338. The van der Waals surface area contributed by atoms with Gasteiger partial charge in [-0.05, 0) is 24.7 Å². The summed E-state index contributed by atoms with van der Waals surface area (Å²) in [4.78, 5) is 0. The first-order valence-corrected chi connectivity index (χ1v) is 5.09. The predicted octanol–water partition coefficient (Wildman–Crippen LogP) is 2.04. The molecule has 0 aromatic rings. The number of hydrogen-bond donors (Lipinski definition) is 1. The zero-order valence-corrected chi connectivity index (χ0v) is 9.10. The molecule has 1 rings (SSSR count). The van der Waals surface area contributed by atoms with E-state index in [0.29, 0.717) is 13.0 Å². The molecule has 0 radical (unpaired) electrons. The van der Waals surface area contributed by atoms with E-state index in [9.17, 15) is 13.2 Å². The van der Waals surface area contributed by atoms with Crippen molar-refractivity contribution in [3.05, 3.63) is 0 Å². The maximum atomic E-state index is 11.8. The molecule has 86 valence electrons. The van der Waals surface area contributed by atoms with Gasteiger partial charge in [-0.3, -0.25) is 0 Å². The van der Waals surface area contributed by atoms with Crippen molar-refractivity contribution in [3.8, 4) is 0 Å². The summed E-state index contributed by atoms with van der Waals surface area (Å²) in [5, 5.41) is 3.06. The van der Waals surface area contributed by atoms with Gasteiger partial charge in [-0.15, -0.1) is 12.4 Å². The maximum absolute atomic E-state index is 11.8. The molecule has 0 aromatic carbocycles. The lowest BCUT2D eigenvalue weighted by Crippen LogP contribution is -2.19. The highest BCUT2D eigenvalue weighted by molar-refractivity contribution is 8.00. The number of halogens is 4. The van der Waals surface area contributed by atoms with E-state index in [2.05, 4.69) is 5.32 Å². The molecule has 1 N–H and O–H groups in total. The van der Waals surface area contributed by atoms with Gasteiger partial charge in [-0.2, -0.15) is 13.2 Å². The highest BCUT2D eigenvalue weighted by Crippen LogP contribution is 2.31. The standard InChI is InChI=1S/C7H12F3NOS.ClH/c8-7(9,10)13-5-6-1-2-11-3-4-12-6;/h6,11H,1-5H2;1H. The average molecular weight is 252 g/mol. The van der Waals surface area contributed by atoms with Crippen molar-refractivity contribution in [1.29, 1.82) is 0 Å². The first kappa shape index (κ1) is 14.3. The van der Waals surface area contributed by atoms with Gasteiger partial charge in [0, 0.05) is 12.3 Å². The van der Waals surface area contributed by atoms with E-state index in [1.165, 1.54) is 0 Å². The molecule has 7 heteroatoms. The summed E-state index contributed by atoms with van der Waals surface area (Å²) in [7, 11) is 0. The number of alkyl halides is 3. The van der Waals surface area contributed by atoms with Gasteiger partial charge in [0.25, 0.3) is 0 Å². The number of rotatable bonds is 2. The van der Waals surface area contributed by atoms with Crippen LogP contribution in [0.3, 0.4) is 0 Å². The summed E-state index contributed by atoms with van der Waals surface area (Å²) in [6.45, 7) is 1.97. The van der Waals surface area contributed by atoms with E-state index < -0.39 is 5.51 Å². The van der Waals surface area contributed by atoms with Crippen LogP contribution in [0.25, 0.3) is 0 Å². The Morgan fingerprint density at radius 1 is 1.36 bits per heavy atom. The average Bonchev–Trinajstić information content (AvgIpc) is 2.26. The van der Waals surface area contributed by atoms with Crippen LogP contribution in [0, 0.1) is 0 Å². The molecular formula is C7H13ClF3NOS. The maximum Gasteiger partial charge on any atom is 0.441 e.